The predicted molar refractivity (Wildman–Crippen MR) is 60.7 cm³/mol. The predicted octanol–water partition coefficient (Wildman–Crippen LogP) is 1.50. The maximum atomic E-state index is 5.52. The minimum Gasteiger partial charge on any atom is -0.384 e. The van der Waals surface area contributed by atoms with E-state index < -0.39 is 0 Å². The first-order valence-electron chi connectivity index (χ1n) is 5.31. The highest BCUT2D eigenvalue weighted by Gasteiger charge is 2.21. The largest absolute Gasteiger partial charge is 0.384 e. The summed E-state index contributed by atoms with van der Waals surface area (Å²) >= 11 is 0. The van der Waals surface area contributed by atoms with Gasteiger partial charge in [-0.3, -0.25) is 0 Å². The standard InChI is InChI=1S/C11H17N3O/c1-8(9-4-5-15-7-9)14-10-2-3-11(12)13-6-10/h2-3,6,8-9,14H,4-5,7H2,1H3,(H2,12,13). The van der Waals surface area contributed by atoms with Gasteiger partial charge in [0.1, 0.15) is 5.82 Å². The zero-order valence-electron chi connectivity index (χ0n) is 8.94. The Morgan fingerprint density at radius 2 is 2.47 bits per heavy atom. The van der Waals surface area contributed by atoms with Gasteiger partial charge in [-0.1, -0.05) is 0 Å². The average molecular weight is 207 g/mol. The monoisotopic (exact) mass is 207 g/mol. The Hall–Kier alpha value is -1.29. The van der Waals surface area contributed by atoms with Gasteiger partial charge in [0.05, 0.1) is 18.5 Å². The van der Waals surface area contributed by atoms with Crippen molar-refractivity contribution in [2.24, 2.45) is 5.92 Å². The molecule has 2 heterocycles. The SMILES string of the molecule is CC(Nc1ccc(N)nc1)C1CCOC1. The highest BCUT2D eigenvalue weighted by molar-refractivity contribution is 5.45. The lowest BCUT2D eigenvalue weighted by molar-refractivity contribution is 0.183. The van der Waals surface area contributed by atoms with Crippen LogP contribution in [-0.4, -0.2) is 24.2 Å². The summed E-state index contributed by atoms with van der Waals surface area (Å²) < 4.78 is 5.36. The lowest BCUT2D eigenvalue weighted by Gasteiger charge is -2.20. The second kappa shape index (κ2) is 4.49. The zero-order valence-corrected chi connectivity index (χ0v) is 8.94. The van der Waals surface area contributed by atoms with Crippen molar-refractivity contribution < 1.29 is 4.74 Å². The average Bonchev–Trinajstić information content (AvgIpc) is 2.74. The number of aromatic nitrogens is 1. The molecule has 1 aliphatic heterocycles. The summed E-state index contributed by atoms with van der Waals surface area (Å²) in [5, 5.41) is 3.41. The molecule has 0 amide bonds. The van der Waals surface area contributed by atoms with Crippen LogP contribution in [0.3, 0.4) is 0 Å². The van der Waals surface area contributed by atoms with Crippen LogP contribution < -0.4 is 11.1 Å². The van der Waals surface area contributed by atoms with Crippen LogP contribution in [0.15, 0.2) is 18.3 Å². The molecule has 4 nitrogen and oxygen atoms in total. The quantitative estimate of drug-likeness (QED) is 0.788. The summed E-state index contributed by atoms with van der Waals surface area (Å²) in [5.41, 5.74) is 6.54. The van der Waals surface area contributed by atoms with Gasteiger partial charge in [-0.25, -0.2) is 4.98 Å². The molecule has 0 aliphatic carbocycles. The summed E-state index contributed by atoms with van der Waals surface area (Å²) in [5.74, 6) is 1.15. The minimum atomic E-state index is 0.415. The fourth-order valence-electron chi connectivity index (χ4n) is 1.82. The molecule has 2 rings (SSSR count). The Bertz CT molecular complexity index is 306. The highest BCUT2D eigenvalue weighted by atomic mass is 16.5. The van der Waals surface area contributed by atoms with E-state index in [9.17, 15) is 0 Å². The van der Waals surface area contributed by atoms with Crippen molar-refractivity contribution in [2.75, 3.05) is 24.3 Å². The Kier molecular flexibility index (Phi) is 3.06. The molecule has 1 aromatic heterocycles. The normalized spacial score (nSPS) is 22.6. The molecule has 1 fully saturated rings. The van der Waals surface area contributed by atoms with E-state index in [1.807, 2.05) is 6.07 Å². The maximum Gasteiger partial charge on any atom is 0.123 e. The summed E-state index contributed by atoms with van der Waals surface area (Å²) in [6.45, 7) is 3.92. The van der Waals surface area contributed by atoms with Gasteiger partial charge in [0.2, 0.25) is 0 Å². The maximum absolute atomic E-state index is 5.52. The number of hydrogen-bond donors (Lipinski definition) is 2. The smallest absolute Gasteiger partial charge is 0.123 e. The van der Waals surface area contributed by atoms with Crippen molar-refractivity contribution in [1.29, 1.82) is 0 Å². The molecule has 4 heteroatoms. The number of nitrogens with zero attached hydrogens (tertiary/aromatic N) is 1. The van der Waals surface area contributed by atoms with Crippen LogP contribution in [0.4, 0.5) is 11.5 Å². The number of nitrogen functional groups attached to an aromatic ring is 1. The molecule has 0 saturated carbocycles. The molecule has 3 N–H and O–H groups in total. The van der Waals surface area contributed by atoms with Gasteiger partial charge in [-0.15, -0.1) is 0 Å². The number of ether oxygens (including phenoxy) is 1. The number of nitrogens with one attached hydrogen (secondary N) is 1. The second-order valence-corrected chi connectivity index (χ2v) is 4.03. The molecule has 1 aliphatic rings. The first kappa shape index (κ1) is 10.2. The summed E-state index contributed by atoms with van der Waals surface area (Å²) in [7, 11) is 0. The molecular weight excluding hydrogens is 190 g/mol. The van der Waals surface area contributed by atoms with E-state index in [0.717, 1.165) is 25.3 Å². The number of hydrogen-bond acceptors (Lipinski definition) is 4. The van der Waals surface area contributed by atoms with Gasteiger partial charge in [0.15, 0.2) is 0 Å². The molecule has 2 atom stereocenters. The van der Waals surface area contributed by atoms with E-state index in [1.165, 1.54) is 0 Å². The van der Waals surface area contributed by atoms with Crippen LogP contribution in [0.2, 0.25) is 0 Å². The Labute approximate surface area is 89.8 Å². The molecule has 0 bridgehead atoms. The number of nitrogens with two attached hydrogens (primary N) is 1. The van der Waals surface area contributed by atoms with Gasteiger partial charge < -0.3 is 15.8 Å². The van der Waals surface area contributed by atoms with Crippen molar-refractivity contribution in [3.63, 3.8) is 0 Å². The molecule has 1 saturated heterocycles. The zero-order chi connectivity index (χ0) is 10.7. The van der Waals surface area contributed by atoms with E-state index >= 15 is 0 Å². The molecule has 0 radical (unpaired) electrons. The summed E-state index contributed by atoms with van der Waals surface area (Å²) in [6.07, 6.45) is 2.90. The van der Waals surface area contributed by atoms with Gasteiger partial charge in [-0.2, -0.15) is 0 Å². The topological polar surface area (TPSA) is 60.2 Å². The van der Waals surface area contributed by atoms with Crippen LogP contribution in [0, 0.1) is 5.92 Å². The molecule has 0 spiro atoms. The lowest BCUT2D eigenvalue weighted by atomic mass is 10.0. The Morgan fingerprint density at radius 3 is 3.07 bits per heavy atom. The Morgan fingerprint density at radius 1 is 1.60 bits per heavy atom. The van der Waals surface area contributed by atoms with Crippen LogP contribution in [-0.2, 0) is 4.74 Å². The van der Waals surface area contributed by atoms with Crippen molar-refractivity contribution in [2.45, 2.75) is 19.4 Å². The molecule has 82 valence electrons. The van der Waals surface area contributed by atoms with E-state index in [-0.39, 0.29) is 0 Å². The minimum absolute atomic E-state index is 0.415. The van der Waals surface area contributed by atoms with Gasteiger partial charge >= 0.3 is 0 Å². The van der Waals surface area contributed by atoms with Gasteiger partial charge in [-0.05, 0) is 25.5 Å². The van der Waals surface area contributed by atoms with Crippen molar-refractivity contribution in [3.05, 3.63) is 18.3 Å². The van der Waals surface area contributed by atoms with Crippen molar-refractivity contribution >= 4 is 11.5 Å². The third-order valence-electron chi connectivity index (χ3n) is 2.85. The molecule has 1 aromatic rings. The number of rotatable bonds is 3. The van der Waals surface area contributed by atoms with Gasteiger partial charge in [0, 0.05) is 18.6 Å². The van der Waals surface area contributed by atoms with E-state index in [4.69, 9.17) is 10.5 Å². The second-order valence-electron chi connectivity index (χ2n) is 4.03. The third-order valence-corrected chi connectivity index (χ3v) is 2.85. The Balaban J connectivity index is 1.92. The van der Waals surface area contributed by atoms with Crippen molar-refractivity contribution in [3.8, 4) is 0 Å². The molecule has 15 heavy (non-hydrogen) atoms. The van der Waals surface area contributed by atoms with E-state index in [0.29, 0.717) is 17.8 Å². The first-order valence-corrected chi connectivity index (χ1v) is 5.31. The lowest BCUT2D eigenvalue weighted by Crippen LogP contribution is -2.26. The third kappa shape index (κ3) is 2.59. The van der Waals surface area contributed by atoms with Crippen LogP contribution in [0.1, 0.15) is 13.3 Å². The highest BCUT2D eigenvalue weighted by Crippen LogP contribution is 2.20. The van der Waals surface area contributed by atoms with Crippen LogP contribution >= 0.6 is 0 Å². The summed E-state index contributed by atoms with van der Waals surface area (Å²) in [6, 6.07) is 4.17. The van der Waals surface area contributed by atoms with Crippen molar-refractivity contribution in [1.82, 2.24) is 4.98 Å². The molecule has 0 aromatic carbocycles. The first-order chi connectivity index (χ1) is 7.25. The fraction of sp³-hybridized carbons (Fsp3) is 0.545. The molecule has 2 unspecified atom stereocenters. The van der Waals surface area contributed by atoms with E-state index in [1.54, 1.807) is 12.3 Å². The fourth-order valence-corrected chi connectivity index (χ4v) is 1.82. The van der Waals surface area contributed by atoms with Gasteiger partial charge in [0.25, 0.3) is 0 Å². The number of pyridine rings is 1. The number of anilines is 2. The van der Waals surface area contributed by atoms with Crippen LogP contribution in [0.25, 0.3) is 0 Å². The molecular formula is C11H17N3O. The summed E-state index contributed by atoms with van der Waals surface area (Å²) in [4.78, 5) is 4.04. The van der Waals surface area contributed by atoms with E-state index in [2.05, 4.69) is 17.2 Å². The van der Waals surface area contributed by atoms with Crippen LogP contribution in [0.5, 0.6) is 0 Å².